The lowest BCUT2D eigenvalue weighted by Gasteiger charge is -2.40. The van der Waals surface area contributed by atoms with Crippen molar-refractivity contribution in [2.24, 2.45) is 5.41 Å². The third-order valence-electron chi connectivity index (χ3n) is 5.31. The maximum absolute atomic E-state index is 13.2. The molecule has 29 heavy (non-hydrogen) atoms. The number of benzene rings is 2. The summed E-state index contributed by atoms with van der Waals surface area (Å²) < 4.78 is 38.4. The smallest absolute Gasteiger partial charge is 0.313 e. The molecule has 0 unspecified atom stereocenters. The van der Waals surface area contributed by atoms with Crippen LogP contribution in [0.5, 0.6) is 5.75 Å². The van der Waals surface area contributed by atoms with Crippen LogP contribution < -0.4 is 4.74 Å². The summed E-state index contributed by atoms with van der Waals surface area (Å²) in [6.07, 6.45) is 1.56. The van der Waals surface area contributed by atoms with Crippen LogP contribution in [0.2, 0.25) is 0 Å². The molecule has 1 aliphatic heterocycles. The Balaban J connectivity index is 1.94. The van der Waals surface area contributed by atoms with Crippen LogP contribution in [0.3, 0.4) is 0 Å². The van der Waals surface area contributed by atoms with Gasteiger partial charge < -0.3 is 9.47 Å². The quantitative estimate of drug-likeness (QED) is 0.647. The van der Waals surface area contributed by atoms with E-state index in [1.807, 2.05) is 24.3 Å². The summed E-state index contributed by atoms with van der Waals surface area (Å²) >= 11 is 0. The van der Waals surface area contributed by atoms with E-state index in [-0.39, 0.29) is 24.0 Å². The van der Waals surface area contributed by atoms with E-state index in [0.29, 0.717) is 31.6 Å². The lowest BCUT2D eigenvalue weighted by molar-refractivity contribution is -0.157. The number of sulfonamides is 1. The number of esters is 1. The molecule has 0 aromatic heterocycles. The Morgan fingerprint density at radius 1 is 1.14 bits per heavy atom. The fourth-order valence-electron chi connectivity index (χ4n) is 3.88. The monoisotopic (exact) mass is 417 g/mol. The van der Waals surface area contributed by atoms with Crippen molar-refractivity contribution in [3.63, 3.8) is 0 Å². The van der Waals surface area contributed by atoms with E-state index < -0.39 is 15.4 Å². The van der Waals surface area contributed by atoms with Gasteiger partial charge in [0, 0.05) is 13.1 Å². The molecule has 0 spiro atoms. The van der Waals surface area contributed by atoms with Gasteiger partial charge in [-0.15, -0.1) is 0 Å². The van der Waals surface area contributed by atoms with Gasteiger partial charge in [0.05, 0.1) is 24.0 Å². The molecule has 0 N–H and O–H groups in total. The van der Waals surface area contributed by atoms with Crippen molar-refractivity contribution in [1.29, 1.82) is 0 Å². The molecule has 0 saturated carbocycles. The number of methoxy groups -OCH3 is 1. The maximum atomic E-state index is 13.2. The van der Waals surface area contributed by atoms with Crippen LogP contribution in [0, 0.1) is 5.41 Å². The number of hydrogen-bond acceptors (Lipinski definition) is 5. The van der Waals surface area contributed by atoms with Crippen molar-refractivity contribution in [3.05, 3.63) is 60.2 Å². The zero-order chi connectivity index (χ0) is 20.9. The highest BCUT2D eigenvalue weighted by Crippen LogP contribution is 2.38. The highest BCUT2D eigenvalue weighted by molar-refractivity contribution is 7.89. The topological polar surface area (TPSA) is 72.9 Å². The van der Waals surface area contributed by atoms with Crippen LogP contribution in [0.4, 0.5) is 0 Å². The molecule has 0 radical (unpaired) electrons. The number of carbonyl (C=O) groups excluding carboxylic acids is 1. The van der Waals surface area contributed by atoms with Gasteiger partial charge in [0.2, 0.25) is 10.0 Å². The number of carbonyl (C=O) groups is 1. The molecule has 1 atom stereocenters. The molecular weight excluding hydrogens is 390 g/mol. The van der Waals surface area contributed by atoms with Gasteiger partial charge in [-0.25, -0.2) is 8.42 Å². The van der Waals surface area contributed by atoms with Crippen LogP contribution in [0.25, 0.3) is 0 Å². The third-order valence-corrected chi connectivity index (χ3v) is 7.17. The standard InChI is InChI=1S/C22H27NO5S/c1-3-28-21(24)22(16-18-9-7-10-19(15-18)27-2)13-8-14-23(17-22)29(25,26)20-11-5-4-6-12-20/h4-7,9-12,15H,3,8,13-14,16-17H2,1-2H3/t22-/m1/s1. The Kier molecular flexibility index (Phi) is 6.59. The Bertz CT molecular complexity index is 945. The molecule has 7 heteroatoms. The second-order valence-corrected chi connectivity index (χ2v) is 9.22. The number of piperidine rings is 1. The van der Waals surface area contributed by atoms with Gasteiger partial charge in [-0.2, -0.15) is 4.31 Å². The average molecular weight is 418 g/mol. The van der Waals surface area contributed by atoms with Crippen molar-refractivity contribution in [1.82, 2.24) is 4.31 Å². The molecule has 3 rings (SSSR count). The summed E-state index contributed by atoms with van der Waals surface area (Å²) in [5.41, 5.74) is -0.0148. The summed E-state index contributed by atoms with van der Waals surface area (Å²) in [7, 11) is -2.09. The zero-order valence-corrected chi connectivity index (χ0v) is 17.7. The SMILES string of the molecule is CCOC(=O)[C@@]1(Cc2cccc(OC)c2)CCCN(S(=O)(=O)c2ccccc2)C1. The molecule has 0 amide bonds. The van der Waals surface area contributed by atoms with E-state index >= 15 is 0 Å². The molecular formula is C22H27NO5S. The molecule has 1 saturated heterocycles. The second-order valence-electron chi connectivity index (χ2n) is 7.28. The number of hydrogen-bond donors (Lipinski definition) is 0. The summed E-state index contributed by atoms with van der Waals surface area (Å²) in [5, 5.41) is 0. The summed E-state index contributed by atoms with van der Waals surface area (Å²) in [4.78, 5) is 13.3. The minimum absolute atomic E-state index is 0.0975. The van der Waals surface area contributed by atoms with Crippen molar-refractivity contribution in [2.75, 3.05) is 26.8 Å². The molecule has 0 aliphatic carbocycles. The molecule has 1 aliphatic rings. The first-order valence-corrected chi connectivity index (χ1v) is 11.2. The first kappa shape index (κ1) is 21.3. The van der Waals surface area contributed by atoms with Gasteiger partial charge in [-0.1, -0.05) is 30.3 Å². The minimum Gasteiger partial charge on any atom is -0.497 e. The predicted octanol–water partition coefficient (Wildman–Crippen LogP) is 3.27. The van der Waals surface area contributed by atoms with Crippen molar-refractivity contribution in [3.8, 4) is 5.75 Å². The zero-order valence-electron chi connectivity index (χ0n) is 16.8. The van der Waals surface area contributed by atoms with Crippen molar-refractivity contribution < 1.29 is 22.7 Å². The highest BCUT2D eigenvalue weighted by Gasteiger charge is 2.46. The lowest BCUT2D eigenvalue weighted by atomic mass is 9.75. The Morgan fingerprint density at radius 2 is 1.90 bits per heavy atom. The van der Waals surface area contributed by atoms with Crippen molar-refractivity contribution >= 4 is 16.0 Å². The van der Waals surface area contributed by atoms with Gasteiger partial charge >= 0.3 is 5.97 Å². The van der Waals surface area contributed by atoms with Gasteiger partial charge in [-0.3, -0.25) is 4.79 Å². The highest BCUT2D eigenvalue weighted by atomic mass is 32.2. The second kappa shape index (κ2) is 8.97. The molecule has 1 fully saturated rings. The van der Waals surface area contributed by atoms with Gasteiger partial charge in [-0.05, 0) is 56.0 Å². The fraction of sp³-hybridized carbons (Fsp3) is 0.409. The van der Waals surface area contributed by atoms with Crippen LogP contribution >= 0.6 is 0 Å². The van der Waals surface area contributed by atoms with E-state index in [1.165, 1.54) is 4.31 Å². The van der Waals surface area contributed by atoms with Gasteiger partial charge in [0.25, 0.3) is 0 Å². The van der Waals surface area contributed by atoms with E-state index in [9.17, 15) is 13.2 Å². The predicted molar refractivity (Wildman–Crippen MR) is 110 cm³/mol. The Hall–Kier alpha value is -2.38. The van der Waals surface area contributed by atoms with Crippen molar-refractivity contribution in [2.45, 2.75) is 31.1 Å². The van der Waals surface area contributed by atoms with E-state index in [0.717, 1.165) is 5.56 Å². The van der Waals surface area contributed by atoms with E-state index in [4.69, 9.17) is 9.47 Å². The number of ether oxygens (including phenoxy) is 2. The van der Waals surface area contributed by atoms with Gasteiger partial charge in [0.1, 0.15) is 5.75 Å². The summed E-state index contributed by atoms with van der Waals surface area (Å²) in [6, 6.07) is 15.9. The molecule has 0 bridgehead atoms. The molecule has 2 aromatic carbocycles. The average Bonchev–Trinajstić information content (AvgIpc) is 2.75. The van der Waals surface area contributed by atoms with Crippen LogP contribution in [-0.4, -0.2) is 45.5 Å². The molecule has 156 valence electrons. The molecule has 2 aromatic rings. The van der Waals surface area contributed by atoms with Crippen LogP contribution in [-0.2, 0) is 26.0 Å². The summed E-state index contributed by atoms with van der Waals surface area (Å²) in [6.45, 7) is 2.50. The molecule has 1 heterocycles. The fourth-order valence-corrected chi connectivity index (χ4v) is 5.46. The number of nitrogens with zero attached hydrogens (tertiary/aromatic N) is 1. The first-order valence-electron chi connectivity index (χ1n) is 9.77. The lowest BCUT2D eigenvalue weighted by Crippen LogP contribution is -2.51. The minimum atomic E-state index is -3.69. The number of rotatable bonds is 7. The molecule has 6 nitrogen and oxygen atoms in total. The largest absolute Gasteiger partial charge is 0.497 e. The van der Waals surface area contributed by atoms with Crippen LogP contribution in [0.15, 0.2) is 59.5 Å². The maximum Gasteiger partial charge on any atom is 0.313 e. The normalized spacial score (nSPS) is 20.2. The Morgan fingerprint density at radius 3 is 2.59 bits per heavy atom. The van der Waals surface area contributed by atoms with E-state index in [2.05, 4.69) is 0 Å². The summed E-state index contributed by atoms with van der Waals surface area (Å²) in [5.74, 6) is 0.349. The van der Waals surface area contributed by atoms with E-state index in [1.54, 1.807) is 44.4 Å². The van der Waals surface area contributed by atoms with Gasteiger partial charge in [0.15, 0.2) is 0 Å². The Labute approximate surface area is 172 Å². The third kappa shape index (κ3) is 4.62. The first-order chi connectivity index (χ1) is 13.9. The van der Waals surface area contributed by atoms with Crippen LogP contribution in [0.1, 0.15) is 25.3 Å².